The number of anilines is 2. The first-order chi connectivity index (χ1) is 12.9. The molecule has 0 spiro atoms. The van der Waals surface area contributed by atoms with Gasteiger partial charge in [0.2, 0.25) is 5.95 Å². The maximum atomic E-state index is 9.75. The average molecular weight is 373 g/mol. The molecule has 1 saturated heterocycles. The largest absolute Gasteiger partial charge is 0.467 e. The van der Waals surface area contributed by atoms with Gasteiger partial charge in [0.15, 0.2) is 5.82 Å². The molecule has 1 aliphatic rings. The van der Waals surface area contributed by atoms with Gasteiger partial charge in [-0.1, -0.05) is 6.92 Å². The van der Waals surface area contributed by atoms with Gasteiger partial charge in [-0.05, 0) is 26.8 Å². The van der Waals surface area contributed by atoms with Gasteiger partial charge in [-0.15, -0.1) is 0 Å². The number of aliphatic hydroxyl groups excluding tert-OH is 1. The van der Waals surface area contributed by atoms with Gasteiger partial charge < -0.3 is 19.6 Å². The summed E-state index contributed by atoms with van der Waals surface area (Å²) >= 11 is 0. The highest BCUT2D eigenvalue weighted by molar-refractivity contribution is 5.45. The predicted octanol–water partition coefficient (Wildman–Crippen LogP) is 1.39. The Balaban J connectivity index is 1.85. The quantitative estimate of drug-likeness (QED) is 0.833. The molecule has 146 valence electrons. The van der Waals surface area contributed by atoms with Crippen LogP contribution < -0.4 is 14.5 Å². The van der Waals surface area contributed by atoms with Crippen molar-refractivity contribution in [3.8, 4) is 6.01 Å². The van der Waals surface area contributed by atoms with Crippen LogP contribution in [-0.4, -0.2) is 62.3 Å². The number of nitrogens with zero attached hydrogens (tertiary/aromatic N) is 7. The Morgan fingerprint density at radius 2 is 1.89 bits per heavy atom. The Labute approximate surface area is 159 Å². The van der Waals surface area contributed by atoms with Gasteiger partial charge in [-0.25, -0.2) is 9.97 Å². The standard InChI is InChI=1S/C18H27N7O2/c1-6-14-20-17(23-18(21-14)27-5)25-11(2)9-24(10-12(25)3)15-7-8-19-16(22-15)13(4)26/h7-8,11-13,26H,6,9-10H2,1-5H3/t11-,12+,13-/m1/s1. The molecule has 2 aromatic rings. The first-order valence-corrected chi connectivity index (χ1v) is 9.26. The van der Waals surface area contributed by atoms with Crippen LogP contribution in [-0.2, 0) is 6.42 Å². The molecule has 1 N–H and O–H groups in total. The number of rotatable bonds is 5. The minimum absolute atomic E-state index is 0.163. The van der Waals surface area contributed by atoms with E-state index in [2.05, 4.69) is 48.6 Å². The lowest BCUT2D eigenvalue weighted by Gasteiger charge is -2.44. The Morgan fingerprint density at radius 1 is 1.19 bits per heavy atom. The molecule has 0 amide bonds. The first-order valence-electron chi connectivity index (χ1n) is 9.26. The molecule has 1 fully saturated rings. The summed E-state index contributed by atoms with van der Waals surface area (Å²) in [5.74, 6) is 2.62. The van der Waals surface area contributed by atoms with Gasteiger partial charge in [0.1, 0.15) is 17.7 Å². The molecule has 9 nitrogen and oxygen atoms in total. The summed E-state index contributed by atoms with van der Waals surface area (Å²) in [5, 5.41) is 9.75. The number of ether oxygens (including phenoxy) is 1. The van der Waals surface area contributed by atoms with E-state index in [0.29, 0.717) is 17.8 Å². The van der Waals surface area contributed by atoms with Crippen molar-refractivity contribution in [1.29, 1.82) is 0 Å². The number of aryl methyl sites for hydroxylation is 1. The maximum absolute atomic E-state index is 9.75. The molecule has 2 aromatic heterocycles. The molecule has 3 heterocycles. The number of piperazine rings is 1. The van der Waals surface area contributed by atoms with Crippen molar-refractivity contribution in [2.45, 2.75) is 52.3 Å². The third-order valence-corrected chi connectivity index (χ3v) is 4.66. The molecule has 0 bridgehead atoms. The van der Waals surface area contributed by atoms with E-state index >= 15 is 0 Å². The van der Waals surface area contributed by atoms with Crippen molar-refractivity contribution in [2.75, 3.05) is 30.0 Å². The van der Waals surface area contributed by atoms with Crippen LogP contribution in [0, 0.1) is 0 Å². The molecule has 27 heavy (non-hydrogen) atoms. The minimum atomic E-state index is -0.689. The first kappa shape index (κ1) is 19.2. The lowest BCUT2D eigenvalue weighted by molar-refractivity contribution is 0.189. The van der Waals surface area contributed by atoms with E-state index in [9.17, 15) is 5.11 Å². The minimum Gasteiger partial charge on any atom is -0.467 e. The molecule has 0 radical (unpaired) electrons. The van der Waals surface area contributed by atoms with Crippen LogP contribution in [0.15, 0.2) is 12.3 Å². The van der Waals surface area contributed by atoms with E-state index in [4.69, 9.17) is 4.74 Å². The van der Waals surface area contributed by atoms with Crippen molar-refractivity contribution in [1.82, 2.24) is 24.9 Å². The lowest BCUT2D eigenvalue weighted by atomic mass is 10.1. The van der Waals surface area contributed by atoms with E-state index in [1.54, 1.807) is 20.2 Å². The number of methoxy groups -OCH3 is 1. The van der Waals surface area contributed by atoms with Crippen LogP contribution in [0.3, 0.4) is 0 Å². The van der Waals surface area contributed by atoms with Gasteiger partial charge in [-0.3, -0.25) is 0 Å². The summed E-state index contributed by atoms with van der Waals surface area (Å²) in [4.78, 5) is 26.4. The van der Waals surface area contributed by atoms with Gasteiger partial charge in [0.05, 0.1) is 7.11 Å². The van der Waals surface area contributed by atoms with Gasteiger partial charge in [0, 0.05) is 37.8 Å². The van der Waals surface area contributed by atoms with E-state index in [-0.39, 0.29) is 12.1 Å². The number of aliphatic hydroxyl groups is 1. The molecule has 0 aliphatic carbocycles. The molecule has 0 saturated carbocycles. The fourth-order valence-electron chi connectivity index (χ4n) is 3.40. The zero-order valence-electron chi connectivity index (χ0n) is 16.5. The van der Waals surface area contributed by atoms with E-state index in [0.717, 1.165) is 31.2 Å². The van der Waals surface area contributed by atoms with E-state index < -0.39 is 6.10 Å². The van der Waals surface area contributed by atoms with Crippen LogP contribution in [0.5, 0.6) is 6.01 Å². The van der Waals surface area contributed by atoms with E-state index in [1.807, 2.05) is 13.0 Å². The summed E-state index contributed by atoms with van der Waals surface area (Å²) in [5.41, 5.74) is 0. The number of aromatic nitrogens is 5. The highest BCUT2D eigenvalue weighted by atomic mass is 16.5. The van der Waals surface area contributed by atoms with Crippen LogP contribution in [0.1, 0.15) is 45.4 Å². The second-order valence-electron chi connectivity index (χ2n) is 6.85. The SMILES string of the molecule is CCc1nc(OC)nc(N2[C@H](C)CN(c3ccnc([C@@H](C)O)n3)C[C@@H]2C)n1. The smallest absolute Gasteiger partial charge is 0.321 e. The lowest BCUT2D eigenvalue weighted by Crippen LogP contribution is -2.58. The highest BCUT2D eigenvalue weighted by Crippen LogP contribution is 2.26. The van der Waals surface area contributed by atoms with Gasteiger partial charge in [-0.2, -0.15) is 15.0 Å². The molecule has 0 unspecified atom stereocenters. The van der Waals surface area contributed by atoms with E-state index in [1.165, 1.54) is 0 Å². The number of hydrogen-bond acceptors (Lipinski definition) is 9. The van der Waals surface area contributed by atoms with Crippen molar-refractivity contribution in [3.05, 3.63) is 23.9 Å². The summed E-state index contributed by atoms with van der Waals surface area (Å²) in [6, 6.07) is 2.55. The second kappa shape index (κ2) is 7.99. The Morgan fingerprint density at radius 3 is 2.48 bits per heavy atom. The molecule has 9 heteroatoms. The zero-order chi connectivity index (χ0) is 19.6. The normalized spacial score (nSPS) is 21.3. The van der Waals surface area contributed by atoms with Gasteiger partial charge in [0.25, 0.3) is 0 Å². The molecule has 1 aliphatic heterocycles. The van der Waals surface area contributed by atoms with Crippen LogP contribution >= 0.6 is 0 Å². The summed E-state index contributed by atoms with van der Waals surface area (Å²) in [6.45, 7) is 9.48. The summed E-state index contributed by atoms with van der Waals surface area (Å²) < 4.78 is 5.24. The van der Waals surface area contributed by atoms with Crippen LogP contribution in [0.4, 0.5) is 11.8 Å². The second-order valence-corrected chi connectivity index (χ2v) is 6.85. The third-order valence-electron chi connectivity index (χ3n) is 4.66. The molecule has 3 rings (SSSR count). The topological polar surface area (TPSA) is 100 Å². The summed E-state index contributed by atoms with van der Waals surface area (Å²) in [7, 11) is 1.57. The van der Waals surface area contributed by atoms with Crippen LogP contribution in [0.2, 0.25) is 0 Å². The molecular weight excluding hydrogens is 346 g/mol. The van der Waals surface area contributed by atoms with Crippen LogP contribution in [0.25, 0.3) is 0 Å². The Bertz CT molecular complexity index is 752. The third kappa shape index (κ3) is 4.08. The Hall–Kier alpha value is -2.55. The predicted molar refractivity (Wildman–Crippen MR) is 102 cm³/mol. The van der Waals surface area contributed by atoms with Crippen molar-refractivity contribution < 1.29 is 9.84 Å². The molecule has 0 aromatic carbocycles. The maximum Gasteiger partial charge on any atom is 0.321 e. The zero-order valence-corrected chi connectivity index (χ0v) is 16.5. The molecule has 3 atom stereocenters. The monoisotopic (exact) mass is 373 g/mol. The molecular formula is C18H27N7O2. The van der Waals surface area contributed by atoms with Crippen molar-refractivity contribution in [2.24, 2.45) is 0 Å². The fraction of sp³-hybridized carbons (Fsp3) is 0.611. The van der Waals surface area contributed by atoms with Gasteiger partial charge >= 0.3 is 6.01 Å². The number of hydrogen-bond donors (Lipinski definition) is 1. The fourth-order valence-corrected chi connectivity index (χ4v) is 3.40. The summed E-state index contributed by atoms with van der Waals surface area (Å²) in [6.07, 6.45) is 1.72. The van der Waals surface area contributed by atoms with Crippen molar-refractivity contribution in [3.63, 3.8) is 0 Å². The Kier molecular flexibility index (Phi) is 5.69. The average Bonchev–Trinajstić information content (AvgIpc) is 2.67. The van der Waals surface area contributed by atoms with Crippen molar-refractivity contribution >= 4 is 11.8 Å². The highest BCUT2D eigenvalue weighted by Gasteiger charge is 2.32.